The first-order valence-corrected chi connectivity index (χ1v) is 4.77. The van der Waals surface area contributed by atoms with E-state index < -0.39 is 11.9 Å². The molecule has 17 heavy (non-hydrogen) atoms. The van der Waals surface area contributed by atoms with Crippen LogP contribution in [-0.2, 0) is 19.1 Å². The average Bonchev–Trinajstić information content (AvgIpc) is 2.26. The summed E-state index contributed by atoms with van der Waals surface area (Å²) >= 11 is 0. The number of hydrogen-bond donors (Lipinski definition) is 2. The van der Waals surface area contributed by atoms with Gasteiger partial charge in [-0.25, -0.2) is 9.59 Å². The van der Waals surface area contributed by atoms with E-state index in [1.807, 2.05) is 0 Å². The Morgan fingerprint density at radius 3 is 2.00 bits per heavy atom. The average molecular weight is 244 g/mol. The highest BCUT2D eigenvalue weighted by Gasteiger charge is 2.05. The minimum atomic E-state index is -1.14. The summed E-state index contributed by atoms with van der Waals surface area (Å²) in [5.74, 6) is -2.51. The zero-order chi connectivity index (χ0) is 13.8. The third kappa shape index (κ3) is 13.9. The molecule has 0 aromatic heterocycles. The molecule has 0 aliphatic carbocycles. The number of ether oxygens (including phenoxy) is 1. The second kappa shape index (κ2) is 10.4. The molecule has 0 aromatic carbocycles. The number of carbonyl (C=O) groups is 3. The summed E-state index contributed by atoms with van der Waals surface area (Å²) in [6.07, 6.45) is 0.972. The fraction of sp³-hybridized carbons (Fsp3) is 0.364. The molecule has 0 saturated carbocycles. The van der Waals surface area contributed by atoms with E-state index in [1.165, 1.54) is 0 Å². The van der Waals surface area contributed by atoms with Crippen LogP contribution in [0.4, 0.5) is 0 Å². The lowest BCUT2D eigenvalue weighted by Gasteiger charge is -1.94. The van der Waals surface area contributed by atoms with Crippen LogP contribution in [0.1, 0.15) is 19.8 Å². The van der Waals surface area contributed by atoms with Crippen LogP contribution in [0.25, 0.3) is 0 Å². The lowest BCUT2D eigenvalue weighted by molar-refractivity contribution is -0.138. The van der Waals surface area contributed by atoms with Crippen LogP contribution in [0, 0.1) is 0 Å². The Kier molecular flexibility index (Phi) is 10.6. The predicted molar refractivity (Wildman–Crippen MR) is 60.5 cm³/mol. The number of carboxylic acids is 2. The van der Waals surface area contributed by atoms with Crippen LogP contribution in [0.15, 0.2) is 24.8 Å². The largest absolute Gasteiger partial charge is 0.481 e. The van der Waals surface area contributed by atoms with Crippen molar-refractivity contribution >= 4 is 17.9 Å². The van der Waals surface area contributed by atoms with E-state index in [0.29, 0.717) is 6.61 Å². The molecule has 0 heterocycles. The summed E-state index contributed by atoms with van der Waals surface area (Å²) in [6, 6.07) is 0. The first kappa shape index (κ1) is 17.3. The summed E-state index contributed by atoms with van der Waals surface area (Å²) in [4.78, 5) is 30.0. The van der Waals surface area contributed by atoms with E-state index in [-0.39, 0.29) is 24.4 Å². The van der Waals surface area contributed by atoms with Crippen molar-refractivity contribution in [1.82, 2.24) is 0 Å². The fourth-order valence-electron chi connectivity index (χ4n) is 0.566. The molecule has 0 radical (unpaired) electrons. The Hall–Kier alpha value is -2.11. The first-order valence-electron chi connectivity index (χ1n) is 4.77. The Bertz CT molecular complexity index is 305. The molecule has 6 heteroatoms. The summed E-state index contributed by atoms with van der Waals surface area (Å²) in [6.45, 7) is 8.54. The molecule has 0 aliphatic rings. The monoisotopic (exact) mass is 244 g/mol. The second-order valence-corrected chi connectivity index (χ2v) is 2.76. The van der Waals surface area contributed by atoms with E-state index in [2.05, 4.69) is 17.9 Å². The molecule has 0 amide bonds. The Labute approximate surface area is 99.2 Å². The second-order valence-electron chi connectivity index (χ2n) is 2.76. The summed E-state index contributed by atoms with van der Waals surface area (Å²) < 4.78 is 4.43. The first-order chi connectivity index (χ1) is 7.84. The van der Waals surface area contributed by atoms with Gasteiger partial charge in [0.05, 0.1) is 6.61 Å². The highest BCUT2D eigenvalue weighted by molar-refractivity contribution is 5.86. The van der Waals surface area contributed by atoms with Gasteiger partial charge in [-0.05, 0) is 13.3 Å². The van der Waals surface area contributed by atoms with Crippen LogP contribution in [0.3, 0.4) is 0 Å². The molecule has 0 rings (SSSR count). The molecule has 0 fully saturated rings. The van der Waals surface area contributed by atoms with Crippen LogP contribution in [0.2, 0.25) is 0 Å². The highest BCUT2D eigenvalue weighted by Crippen LogP contribution is 2.01. The third-order valence-corrected chi connectivity index (χ3v) is 1.40. The normalized spacial score (nSPS) is 8.29. The van der Waals surface area contributed by atoms with Gasteiger partial charge in [-0.2, -0.15) is 0 Å². The minimum Gasteiger partial charge on any atom is -0.481 e. The third-order valence-electron chi connectivity index (χ3n) is 1.40. The summed E-state index contributed by atoms with van der Waals surface area (Å²) in [5, 5.41) is 16.3. The Balaban J connectivity index is 0. The van der Waals surface area contributed by atoms with Crippen molar-refractivity contribution < 1.29 is 29.3 Å². The van der Waals surface area contributed by atoms with Crippen LogP contribution in [-0.4, -0.2) is 34.7 Å². The Morgan fingerprint density at radius 1 is 1.24 bits per heavy atom. The fourth-order valence-corrected chi connectivity index (χ4v) is 0.566. The molecule has 0 saturated heterocycles. The molecular formula is C11H16O6. The molecule has 0 aromatic rings. The smallest absolute Gasteiger partial charge is 0.330 e. The van der Waals surface area contributed by atoms with E-state index in [9.17, 15) is 14.4 Å². The van der Waals surface area contributed by atoms with Crippen molar-refractivity contribution in [2.24, 2.45) is 0 Å². The van der Waals surface area contributed by atoms with Crippen LogP contribution < -0.4 is 0 Å². The molecule has 6 nitrogen and oxygen atoms in total. The van der Waals surface area contributed by atoms with E-state index in [1.54, 1.807) is 6.92 Å². The van der Waals surface area contributed by atoms with Gasteiger partial charge in [0.25, 0.3) is 0 Å². The van der Waals surface area contributed by atoms with Gasteiger partial charge < -0.3 is 14.9 Å². The number of rotatable bonds is 6. The standard InChI is InChI=1S/C6H8O4.C5H8O2/c1-4(6(9)10)2-3-5(7)8;1-3-5(6)7-4-2/h1-3H2,(H,7,8)(H,9,10);3H,1,4H2,2H3. The zero-order valence-electron chi connectivity index (χ0n) is 9.64. The van der Waals surface area contributed by atoms with Gasteiger partial charge >= 0.3 is 17.9 Å². The van der Waals surface area contributed by atoms with Gasteiger partial charge in [0.2, 0.25) is 0 Å². The summed E-state index contributed by atoms with van der Waals surface area (Å²) in [7, 11) is 0. The van der Waals surface area contributed by atoms with Gasteiger partial charge in [-0.3, -0.25) is 4.79 Å². The lowest BCUT2D eigenvalue weighted by atomic mass is 10.2. The van der Waals surface area contributed by atoms with Crippen molar-refractivity contribution in [3.05, 3.63) is 24.8 Å². The molecule has 2 N–H and O–H groups in total. The topological polar surface area (TPSA) is 101 Å². The van der Waals surface area contributed by atoms with E-state index in [4.69, 9.17) is 10.2 Å². The number of carbonyl (C=O) groups excluding carboxylic acids is 1. The quantitative estimate of drug-likeness (QED) is 0.538. The molecule has 0 bridgehead atoms. The maximum absolute atomic E-state index is 10.1. The SMILES string of the molecule is C=C(CCC(=O)O)C(=O)O.C=CC(=O)OCC. The summed E-state index contributed by atoms with van der Waals surface area (Å²) in [5.41, 5.74) is -0.0672. The Morgan fingerprint density at radius 2 is 1.76 bits per heavy atom. The van der Waals surface area contributed by atoms with Gasteiger partial charge in [-0.15, -0.1) is 0 Å². The number of hydrogen-bond acceptors (Lipinski definition) is 4. The van der Waals surface area contributed by atoms with Gasteiger partial charge in [0.15, 0.2) is 0 Å². The number of aliphatic carboxylic acids is 2. The van der Waals surface area contributed by atoms with E-state index >= 15 is 0 Å². The van der Waals surface area contributed by atoms with E-state index in [0.717, 1.165) is 6.08 Å². The molecule has 96 valence electrons. The van der Waals surface area contributed by atoms with Crippen molar-refractivity contribution in [2.45, 2.75) is 19.8 Å². The van der Waals surface area contributed by atoms with Gasteiger partial charge in [-0.1, -0.05) is 13.2 Å². The lowest BCUT2D eigenvalue weighted by Crippen LogP contribution is -2.02. The highest BCUT2D eigenvalue weighted by atomic mass is 16.5. The molecule has 0 atom stereocenters. The van der Waals surface area contributed by atoms with Crippen LogP contribution in [0.5, 0.6) is 0 Å². The van der Waals surface area contributed by atoms with Crippen LogP contribution >= 0.6 is 0 Å². The molecule has 0 spiro atoms. The van der Waals surface area contributed by atoms with Crippen molar-refractivity contribution in [3.8, 4) is 0 Å². The maximum atomic E-state index is 10.1. The molecule has 0 aliphatic heterocycles. The van der Waals surface area contributed by atoms with Crippen molar-refractivity contribution in [2.75, 3.05) is 6.61 Å². The maximum Gasteiger partial charge on any atom is 0.330 e. The molecule has 0 unspecified atom stereocenters. The molecular weight excluding hydrogens is 228 g/mol. The van der Waals surface area contributed by atoms with Gasteiger partial charge in [0, 0.05) is 18.1 Å². The minimum absolute atomic E-state index is 0.00463. The van der Waals surface area contributed by atoms with Crippen molar-refractivity contribution in [1.29, 1.82) is 0 Å². The number of esters is 1. The zero-order valence-corrected chi connectivity index (χ0v) is 9.64. The number of carboxylic acid groups (broad SMARTS) is 2. The van der Waals surface area contributed by atoms with Crippen molar-refractivity contribution in [3.63, 3.8) is 0 Å². The van der Waals surface area contributed by atoms with Gasteiger partial charge in [0.1, 0.15) is 0 Å². The predicted octanol–water partition coefficient (Wildman–Crippen LogP) is 1.23.